The van der Waals surface area contributed by atoms with E-state index >= 15 is 0 Å². The van der Waals surface area contributed by atoms with Crippen LogP contribution in [-0.4, -0.2) is 70.4 Å². The van der Waals surface area contributed by atoms with E-state index in [-0.39, 0.29) is 10.0 Å². The van der Waals surface area contributed by atoms with Crippen LogP contribution in [0.4, 0.5) is 13.2 Å². The van der Waals surface area contributed by atoms with E-state index in [4.69, 9.17) is 15.1 Å². The largest absolute Gasteiger partial charge is 0.475 e. The fraction of sp³-hybridized carbons (Fsp3) is 0.526. The molecule has 16 heteroatoms. The monoisotopic (exact) mass is 578 g/mol. The minimum Gasteiger partial charge on any atom is -0.475 e. The van der Waals surface area contributed by atoms with Crippen LogP contribution in [0.15, 0.2) is 22.2 Å². The summed E-state index contributed by atoms with van der Waals surface area (Å²) in [5.41, 5.74) is -1.80. The summed E-state index contributed by atoms with van der Waals surface area (Å²) in [5.74, 6) is 1.95. The maximum absolute atomic E-state index is 13.2. The zero-order chi connectivity index (χ0) is 26.8. The number of fused-ring (bicyclic) bond motifs is 1. The van der Waals surface area contributed by atoms with Crippen molar-refractivity contribution < 1.29 is 63.8 Å². The van der Waals surface area contributed by atoms with Crippen LogP contribution in [0, 0.1) is 5.92 Å². The van der Waals surface area contributed by atoms with Gasteiger partial charge in [-0.05, 0) is 50.1 Å². The summed E-state index contributed by atoms with van der Waals surface area (Å²) in [6.45, 7) is 1.77. The molecule has 1 atom stereocenters. The van der Waals surface area contributed by atoms with Crippen molar-refractivity contribution in [3.63, 3.8) is 0 Å². The van der Waals surface area contributed by atoms with Crippen LogP contribution in [0.1, 0.15) is 24.0 Å². The number of benzene rings is 1. The quantitative estimate of drug-likeness (QED) is 0.123. The minimum absolute atomic E-state index is 0.132. The first-order valence-corrected chi connectivity index (χ1v) is 10.8. The van der Waals surface area contributed by atoms with Gasteiger partial charge in [0.1, 0.15) is 5.75 Å². The summed E-state index contributed by atoms with van der Waals surface area (Å²) in [7, 11) is 0. The highest BCUT2D eigenvalue weighted by atomic mass is 79.9. The minimum atomic E-state index is -5.04. The molecule has 1 aromatic carbocycles. The molecule has 0 bridgehead atoms. The van der Waals surface area contributed by atoms with Gasteiger partial charge < -0.3 is 35.2 Å². The first-order valence-electron chi connectivity index (χ1n) is 9.96. The molecule has 0 aliphatic carbocycles. The molecule has 200 valence electrons. The van der Waals surface area contributed by atoms with Gasteiger partial charge in [-0.15, -0.1) is 0 Å². The molecule has 0 amide bonds. The van der Waals surface area contributed by atoms with Crippen molar-refractivity contribution >= 4 is 28.0 Å². The van der Waals surface area contributed by atoms with Crippen molar-refractivity contribution in [1.29, 1.82) is 0 Å². The van der Waals surface area contributed by atoms with Gasteiger partial charge in [-0.25, -0.2) is 21.8 Å². The topological polar surface area (TPSA) is 212 Å². The molecule has 3 rings (SSSR count). The molecular formula is C19H28BrF3N3O9+. The van der Waals surface area contributed by atoms with E-state index in [0.717, 1.165) is 38.1 Å². The highest BCUT2D eigenvalue weighted by molar-refractivity contribution is 9.10. The number of piperidine rings is 1. The van der Waals surface area contributed by atoms with Gasteiger partial charge in [-0.3, -0.25) is 4.84 Å². The summed E-state index contributed by atoms with van der Waals surface area (Å²) in [6, 6.07) is 2.19. The number of aliphatic hydroxyl groups is 4. The van der Waals surface area contributed by atoms with Gasteiger partial charge in [0.05, 0.1) is 11.1 Å². The van der Waals surface area contributed by atoms with Gasteiger partial charge in [0, 0.05) is 16.6 Å². The zero-order valence-electron chi connectivity index (χ0n) is 18.3. The Bertz CT molecular complexity index is 860. The number of alkyl halides is 3. The van der Waals surface area contributed by atoms with Crippen LogP contribution in [0.5, 0.6) is 5.75 Å². The predicted octanol–water partition coefficient (Wildman–Crippen LogP) is -0.770. The Morgan fingerprint density at radius 3 is 2.29 bits per heavy atom. The van der Waals surface area contributed by atoms with Gasteiger partial charge in [0.2, 0.25) is 12.9 Å². The summed E-state index contributed by atoms with van der Waals surface area (Å²) < 4.78 is 49.1. The number of quaternary nitrogens is 1. The number of hydrogen-bond acceptors (Lipinski definition) is 11. The summed E-state index contributed by atoms with van der Waals surface area (Å²) in [5, 5.41) is 46.7. The van der Waals surface area contributed by atoms with Crippen molar-refractivity contribution in [1.82, 2.24) is 5.32 Å². The van der Waals surface area contributed by atoms with E-state index in [9.17, 15) is 33.3 Å². The number of esters is 1. The highest BCUT2D eigenvalue weighted by Crippen LogP contribution is 2.42. The third kappa shape index (κ3) is 9.26. The van der Waals surface area contributed by atoms with E-state index in [1.807, 2.05) is 0 Å². The van der Waals surface area contributed by atoms with E-state index in [1.54, 1.807) is 0 Å². The Kier molecular flexibility index (Phi) is 12.5. The Labute approximate surface area is 205 Å². The van der Waals surface area contributed by atoms with Crippen molar-refractivity contribution in [3.05, 3.63) is 33.3 Å². The molecular weight excluding hydrogens is 551 g/mol. The van der Waals surface area contributed by atoms with Gasteiger partial charge in [0.15, 0.2) is 0 Å². The first kappa shape index (κ1) is 31.2. The van der Waals surface area contributed by atoms with Crippen molar-refractivity contribution in [2.45, 2.75) is 31.1 Å². The average Bonchev–Trinajstić information content (AvgIpc) is 2.82. The molecule has 2 aliphatic heterocycles. The lowest BCUT2D eigenvalue weighted by molar-refractivity contribution is -0.670. The van der Waals surface area contributed by atoms with E-state index < -0.39 is 47.9 Å². The van der Waals surface area contributed by atoms with Gasteiger partial charge in [0.25, 0.3) is 0 Å². The van der Waals surface area contributed by atoms with Crippen molar-refractivity contribution in [2.24, 2.45) is 11.8 Å². The summed E-state index contributed by atoms with van der Waals surface area (Å²) in [6.07, 6.45) is -4.73. The summed E-state index contributed by atoms with van der Waals surface area (Å²) in [4.78, 5) is 15.8. The maximum Gasteiger partial charge on any atom is 0.430 e. The Hall–Kier alpha value is -1.86. The molecule has 11 N–H and O–H groups in total. The lowest BCUT2D eigenvalue weighted by Gasteiger charge is -2.30. The number of aliphatic hydroxyl groups excluding tert-OH is 1. The molecule has 0 saturated carbocycles. The molecule has 0 aromatic heterocycles. The lowest BCUT2D eigenvalue weighted by atomic mass is 9.98. The molecule has 12 nitrogen and oxygen atoms in total. The third-order valence-electron chi connectivity index (χ3n) is 4.78. The molecule has 1 fully saturated rings. The SMILES string of the molecule is NOCOC(=O)C1=Cc2cc(Br)cc(C(O)(O)O)c2OC1C(F)(F)F.OCC1CCNCC1.[NH3+]O. The van der Waals surface area contributed by atoms with Crippen molar-refractivity contribution in [3.8, 4) is 5.75 Å². The Balaban J connectivity index is 0.000000512. The smallest absolute Gasteiger partial charge is 0.430 e. The van der Waals surface area contributed by atoms with Crippen LogP contribution >= 0.6 is 15.9 Å². The normalized spacial score (nSPS) is 18.0. The molecule has 0 radical (unpaired) electrons. The van der Waals surface area contributed by atoms with Gasteiger partial charge in [-0.1, -0.05) is 15.9 Å². The second-order valence-corrected chi connectivity index (χ2v) is 8.15. The fourth-order valence-electron chi connectivity index (χ4n) is 3.17. The second-order valence-electron chi connectivity index (χ2n) is 7.24. The second kappa shape index (κ2) is 14.0. The lowest BCUT2D eigenvalue weighted by Crippen LogP contribution is -2.42. The number of rotatable bonds is 5. The number of halogens is 4. The van der Waals surface area contributed by atoms with Crippen LogP contribution in [0.3, 0.4) is 0 Å². The molecule has 1 aromatic rings. The molecule has 0 spiro atoms. The van der Waals surface area contributed by atoms with E-state index in [1.165, 1.54) is 6.07 Å². The summed E-state index contributed by atoms with van der Waals surface area (Å²) >= 11 is 2.99. The average molecular weight is 579 g/mol. The van der Waals surface area contributed by atoms with Crippen LogP contribution < -0.4 is 21.8 Å². The first-order chi connectivity index (χ1) is 16.4. The standard InChI is InChI=1S/C13H11BrF3NO7.C6H13NO.H4NO/c14-6-1-5-2-7(11(19)23-4-24-18)10(12(15,16)17)25-9(5)8(3-6)13(20,21)22;8-5-6-1-3-7-4-2-6;1-2/h1-3,10,20-22H,4,18H2;6-8H,1-5H2;2H,1H3/q;;+1. The van der Waals surface area contributed by atoms with E-state index in [2.05, 4.69) is 42.6 Å². The predicted molar refractivity (Wildman–Crippen MR) is 115 cm³/mol. The van der Waals surface area contributed by atoms with Crippen LogP contribution in [0.25, 0.3) is 6.08 Å². The Morgan fingerprint density at radius 1 is 1.23 bits per heavy atom. The third-order valence-corrected chi connectivity index (χ3v) is 5.24. The zero-order valence-corrected chi connectivity index (χ0v) is 19.9. The number of hydrogen-bond donors (Lipinski definition) is 8. The maximum atomic E-state index is 13.2. The van der Waals surface area contributed by atoms with Crippen molar-refractivity contribution in [2.75, 3.05) is 26.5 Å². The Morgan fingerprint density at radius 2 is 1.83 bits per heavy atom. The number of nitrogens with one attached hydrogen (secondary N) is 1. The molecule has 2 heterocycles. The van der Waals surface area contributed by atoms with Gasteiger partial charge >= 0.3 is 18.1 Å². The number of carbonyl (C=O) groups is 1. The van der Waals surface area contributed by atoms with E-state index in [0.29, 0.717) is 12.5 Å². The molecule has 1 saturated heterocycles. The van der Waals surface area contributed by atoms with Gasteiger partial charge in [-0.2, -0.15) is 13.2 Å². The molecule has 35 heavy (non-hydrogen) atoms. The van der Waals surface area contributed by atoms with Crippen LogP contribution in [0.2, 0.25) is 0 Å². The number of carbonyl (C=O) groups excluding carboxylic acids is 1. The number of nitrogens with two attached hydrogens (primary N) is 1. The highest BCUT2D eigenvalue weighted by Gasteiger charge is 2.50. The fourth-order valence-corrected chi connectivity index (χ4v) is 3.65. The molecule has 1 unspecified atom stereocenters. The number of ether oxygens (including phenoxy) is 2. The molecule has 2 aliphatic rings. The van der Waals surface area contributed by atoms with Crippen LogP contribution in [-0.2, 0) is 20.3 Å².